The molecule has 0 saturated carbocycles. The zero-order chi connectivity index (χ0) is 21.1. The molecule has 1 amide bonds. The van der Waals surface area contributed by atoms with Crippen molar-refractivity contribution >= 4 is 57.3 Å². The summed E-state index contributed by atoms with van der Waals surface area (Å²) in [5.41, 5.74) is 2.41. The first-order chi connectivity index (χ1) is 14.5. The molecule has 3 aromatic heterocycles. The molecule has 0 unspecified atom stereocenters. The molecular weight excluding hydrogens is 463 g/mol. The summed E-state index contributed by atoms with van der Waals surface area (Å²) in [7, 11) is 1.85. The summed E-state index contributed by atoms with van der Waals surface area (Å²) in [5.74, 6) is 0.693. The summed E-state index contributed by atoms with van der Waals surface area (Å²) < 4.78 is 1.83. The van der Waals surface area contributed by atoms with Gasteiger partial charge in [-0.05, 0) is 24.3 Å². The van der Waals surface area contributed by atoms with Gasteiger partial charge in [0.1, 0.15) is 0 Å². The van der Waals surface area contributed by atoms with E-state index in [1.54, 1.807) is 24.5 Å². The molecule has 1 N–H and O–H groups in total. The molecule has 0 aliphatic rings. The highest BCUT2D eigenvalue weighted by Gasteiger charge is 2.14. The van der Waals surface area contributed by atoms with E-state index >= 15 is 0 Å². The van der Waals surface area contributed by atoms with Gasteiger partial charge in [0.15, 0.2) is 16.1 Å². The number of thioether (sulfide) groups is 1. The fraction of sp³-hybridized carbons (Fsp3) is 0.105. The number of pyridine rings is 1. The first-order valence-electron chi connectivity index (χ1n) is 8.64. The van der Waals surface area contributed by atoms with Crippen LogP contribution in [0.5, 0.6) is 0 Å². The predicted molar refractivity (Wildman–Crippen MR) is 121 cm³/mol. The topological polar surface area (TPSA) is 85.6 Å². The lowest BCUT2D eigenvalue weighted by molar-refractivity contribution is -0.113. The van der Waals surface area contributed by atoms with Crippen molar-refractivity contribution in [1.29, 1.82) is 0 Å². The minimum atomic E-state index is -0.180. The Morgan fingerprint density at radius 1 is 1.20 bits per heavy atom. The highest BCUT2D eigenvalue weighted by Crippen LogP contribution is 2.30. The summed E-state index contributed by atoms with van der Waals surface area (Å²) in [6.45, 7) is 0. The maximum Gasteiger partial charge on any atom is 0.236 e. The van der Waals surface area contributed by atoms with E-state index < -0.39 is 0 Å². The van der Waals surface area contributed by atoms with Gasteiger partial charge in [-0.15, -0.1) is 21.5 Å². The monoisotopic (exact) mass is 476 g/mol. The lowest BCUT2D eigenvalue weighted by Gasteiger charge is -2.04. The number of halogens is 2. The summed E-state index contributed by atoms with van der Waals surface area (Å²) in [6, 6.07) is 9.04. The molecule has 3 heterocycles. The molecule has 0 saturated heterocycles. The number of hydrogen-bond donors (Lipinski definition) is 1. The number of anilines is 1. The fourth-order valence-electron chi connectivity index (χ4n) is 2.59. The average Bonchev–Trinajstić information content (AvgIpc) is 3.36. The van der Waals surface area contributed by atoms with Crippen LogP contribution in [0.4, 0.5) is 5.13 Å². The van der Waals surface area contributed by atoms with E-state index in [2.05, 4.69) is 25.5 Å². The molecule has 0 aliphatic heterocycles. The highest BCUT2D eigenvalue weighted by atomic mass is 35.5. The molecule has 0 aliphatic carbocycles. The Labute approximate surface area is 190 Å². The number of nitrogens with one attached hydrogen (secondary N) is 1. The Morgan fingerprint density at radius 2 is 2.07 bits per heavy atom. The molecule has 1 aromatic carbocycles. The molecule has 0 atom stereocenters. The third kappa shape index (κ3) is 4.65. The second-order valence-electron chi connectivity index (χ2n) is 6.11. The molecule has 11 heteroatoms. The maximum atomic E-state index is 12.3. The third-order valence-corrected chi connectivity index (χ3v) is 6.57. The van der Waals surface area contributed by atoms with Crippen LogP contribution in [-0.2, 0) is 11.8 Å². The molecular formula is C19H14Cl2N6OS2. The van der Waals surface area contributed by atoms with Gasteiger partial charge in [-0.3, -0.25) is 9.78 Å². The van der Waals surface area contributed by atoms with Crippen molar-refractivity contribution in [2.75, 3.05) is 11.1 Å². The van der Waals surface area contributed by atoms with Crippen molar-refractivity contribution < 1.29 is 4.79 Å². The largest absolute Gasteiger partial charge is 0.305 e. The van der Waals surface area contributed by atoms with Crippen LogP contribution in [0.1, 0.15) is 0 Å². The van der Waals surface area contributed by atoms with Crippen LogP contribution in [0.15, 0.2) is 53.3 Å². The van der Waals surface area contributed by atoms with E-state index in [9.17, 15) is 4.79 Å². The second-order valence-corrected chi connectivity index (χ2v) is 8.73. The van der Waals surface area contributed by atoms with Gasteiger partial charge in [0.25, 0.3) is 0 Å². The minimum absolute atomic E-state index is 0.180. The quantitative estimate of drug-likeness (QED) is 0.392. The van der Waals surface area contributed by atoms with Crippen molar-refractivity contribution in [3.8, 4) is 22.6 Å². The number of benzene rings is 1. The van der Waals surface area contributed by atoms with Gasteiger partial charge in [-0.2, -0.15) is 0 Å². The van der Waals surface area contributed by atoms with Crippen molar-refractivity contribution in [3.05, 3.63) is 58.2 Å². The van der Waals surface area contributed by atoms with Crippen LogP contribution in [0, 0.1) is 0 Å². The van der Waals surface area contributed by atoms with Gasteiger partial charge in [-0.25, -0.2) is 4.98 Å². The van der Waals surface area contributed by atoms with E-state index in [0.717, 1.165) is 16.8 Å². The van der Waals surface area contributed by atoms with Crippen molar-refractivity contribution in [3.63, 3.8) is 0 Å². The van der Waals surface area contributed by atoms with Crippen molar-refractivity contribution in [2.24, 2.45) is 7.05 Å². The van der Waals surface area contributed by atoms with Crippen molar-refractivity contribution in [1.82, 2.24) is 24.7 Å². The van der Waals surface area contributed by atoms with Gasteiger partial charge in [0, 0.05) is 35.9 Å². The Kier molecular flexibility index (Phi) is 6.33. The molecule has 0 radical (unpaired) electrons. The van der Waals surface area contributed by atoms with E-state index in [1.807, 2.05) is 35.2 Å². The smallest absolute Gasteiger partial charge is 0.236 e. The number of rotatable bonds is 6. The summed E-state index contributed by atoms with van der Waals surface area (Å²) >= 11 is 14.7. The number of nitrogens with zero attached hydrogens (tertiary/aromatic N) is 5. The normalized spacial score (nSPS) is 10.9. The average molecular weight is 477 g/mol. The number of carbonyl (C=O) groups excluding carboxylic acids is 1. The lowest BCUT2D eigenvalue weighted by atomic mass is 10.2. The zero-order valence-electron chi connectivity index (χ0n) is 15.5. The number of aromatic nitrogens is 5. The molecule has 0 fully saturated rings. The van der Waals surface area contributed by atoms with Gasteiger partial charge in [0.2, 0.25) is 5.91 Å². The standard InChI is InChI=1S/C19H14Cl2N6OS2/c1-27-17(12-3-2-6-22-8-12)25-26-19(27)30-10-16(28)24-18-23-15(9-29-18)11-4-5-13(20)14(21)7-11/h2-9H,10H2,1H3,(H,23,24,28). The van der Waals surface area contributed by atoms with Gasteiger partial charge < -0.3 is 9.88 Å². The SMILES string of the molecule is Cn1c(SCC(=O)Nc2nc(-c3ccc(Cl)c(Cl)c3)cs2)nnc1-c1cccnc1. The van der Waals surface area contributed by atoms with Crippen LogP contribution < -0.4 is 5.32 Å². The number of hydrogen-bond acceptors (Lipinski definition) is 7. The Balaban J connectivity index is 1.37. The van der Waals surface area contributed by atoms with E-state index in [1.165, 1.54) is 23.1 Å². The highest BCUT2D eigenvalue weighted by molar-refractivity contribution is 7.99. The summed E-state index contributed by atoms with van der Waals surface area (Å²) in [4.78, 5) is 20.9. The Bertz CT molecular complexity index is 1190. The minimum Gasteiger partial charge on any atom is -0.305 e. The number of amides is 1. The van der Waals surface area contributed by atoms with E-state index in [0.29, 0.717) is 26.2 Å². The predicted octanol–water partition coefficient (Wildman–Crippen LogP) is 5.04. The molecule has 0 bridgehead atoms. The Hall–Kier alpha value is -2.46. The van der Waals surface area contributed by atoms with Crippen LogP contribution in [0.2, 0.25) is 10.0 Å². The lowest BCUT2D eigenvalue weighted by Crippen LogP contribution is -2.14. The van der Waals surface area contributed by atoms with Crippen molar-refractivity contribution in [2.45, 2.75) is 5.16 Å². The van der Waals surface area contributed by atoms with E-state index in [-0.39, 0.29) is 11.7 Å². The molecule has 4 rings (SSSR count). The van der Waals surface area contributed by atoms with Crippen LogP contribution in [0.25, 0.3) is 22.6 Å². The van der Waals surface area contributed by atoms with Crippen LogP contribution in [0.3, 0.4) is 0 Å². The first kappa shape index (κ1) is 20.8. The summed E-state index contributed by atoms with van der Waals surface area (Å²) in [6.07, 6.45) is 3.42. The third-order valence-electron chi connectivity index (χ3n) is 4.05. The molecule has 152 valence electrons. The van der Waals surface area contributed by atoms with Crippen LogP contribution in [-0.4, -0.2) is 36.4 Å². The van der Waals surface area contributed by atoms with E-state index in [4.69, 9.17) is 23.2 Å². The van der Waals surface area contributed by atoms with Gasteiger partial charge >= 0.3 is 0 Å². The van der Waals surface area contributed by atoms with Crippen LogP contribution >= 0.6 is 46.3 Å². The maximum absolute atomic E-state index is 12.3. The molecule has 7 nitrogen and oxygen atoms in total. The zero-order valence-corrected chi connectivity index (χ0v) is 18.7. The van der Waals surface area contributed by atoms with Gasteiger partial charge in [0.05, 0.1) is 21.5 Å². The first-order valence-corrected chi connectivity index (χ1v) is 11.3. The van der Waals surface area contributed by atoms with Gasteiger partial charge in [-0.1, -0.05) is 41.0 Å². The number of carbonyl (C=O) groups is 1. The molecule has 30 heavy (non-hydrogen) atoms. The fourth-order valence-corrected chi connectivity index (χ4v) is 4.34. The molecule has 4 aromatic rings. The second kappa shape index (κ2) is 9.13. The Morgan fingerprint density at radius 3 is 2.83 bits per heavy atom. The number of thiazole rings is 1. The summed E-state index contributed by atoms with van der Waals surface area (Å²) in [5, 5.41) is 15.1. The molecule has 0 spiro atoms.